The summed E-state index contributed by atoms with van der Waals surface area (Å²) in [7, 11) is 0. The second-order valence-corrected chi connectivity index (χ2v) is 5.87. The van der Waals surface area contributed by atoms with E-state index in [1.54, 1.807) is 6.20 Å². The van der Waals surface area contributed by atoms with E-state index in [9.17, 15) is 0 Å². The van der Waals surface area contributed by atoms with Crippen LogP contribution in [0.25, 0.3) is 0 Å². The number of benzene rings is 2. The van der Waals surface area contributed by atoms with Gasteiger partial charge in [0.15, 0.2) is 0 Å². The van der Waals surface area contributed by atoms with Crippen molar-refractivity contribution >= 4 is 39.1 Å². The first-order chi connectivity index (χ1) is 11.7. The smallest absolute Gasteiger partial charge is 0.229 e. The van der Waals surface area contributed by atoms with Crippen LogP contribution >= 0.6 is 15.9 Å². The number of nitrogens with zero attached hydrogens (tertiary/aromatic N) is 2. The van der Waals surface area contributed by atoms with E-state index in [0.717, 1.165) is 21.6 Å². The van der Waals surface area contributed by atoms with Crippen molar-refractivity contribution in [3.8, 4) is 5.75 Å². The molecule has 5 nitrogen and oxygen atoms in total. The lowest BCUT2D eigenvalue weighted by Crippen LogP contribution is -2.02. The zero-order chi connectivity index (χ0) is 16.8. The third-order valence-corrected chi connectivity index (χ3v) is 3.73. The van der Waals surface area contributed by atoms with Gasteiger partial charge in [-0.1, -0.05) is 28.1 Å². The summed E-state index contributed by atoms with van der Waals surface area (Å²) >= 11 is 3.42. The topological polar surface area (TPSA) is 59.1 Å². The molecule has 1 heterocycles. The Labute approximate surface area is 149 Å². The average molecular weight is 385 g/mol. The molecule has 0 amide bonds. The molecular weight excluding hydrogens is 368 g/mol. The van der Waals surface area contributed by atoms with Crippen LogP contribution in [0.1, 0.15) is 6.92 Å². The fourth-order valence-electron chi connectivity index (χ4n) is 2.14. The Balaban J connectivity index is 1.77. The van der Waals surface area contributed by atoms with Crippen LogP contribution in [0.15, 0.2) is 65.3 Å². The Bertz CT molecular complexity index is 808. The fourth-order valence-corrected chi connectivity index (χ4v) is 2.40. The summed E-state index contributed by atoms with van der Waals surface area (Å²) in [5.74, 6) is 2.01. The minimum absolute atomic E-state index is 0.524. The predicted molar refractivity (Wildman–Crippen MR) is 100 cm³/mol. The highest BCUT2D eigenvalue weighted by Crippen LogP contribution is 2.27. The number of nitrogens with one attached hydrogen (secondary N) is 2. The Morgan fingerprint density at radius 2 is 1.79 bits per heavy atom. The predicted octanol–water partition coefficient (Wildman–Crippen LogP) is 5.13. The van der Waals surface area contributed by atoms with Crippen LogP contribution in [-0.2, 0) is 0 Å². The van der Waals surface area contributed by atoms with Crippen LogP contribution in [0.4, 0.5) is 23.1 Å². The molecule has 6 heteroatoms. The first-order valence-electron chi connectivity index (χ1n) is 7.59. The SMILES string of the molecule is CCOc1ccccc1Nc1ccnc(Nc2ccc(Br)cc2)n1. The van der Waals surface area contributed by atoms with Gasteiger partial charge in [0.2, 0.25) is 5.95 Å². The summed E-state index contributed by atoms with van der Waals surface area (Å²) in [5, 5.41) is 6.45. The second kappa shape index (κ2) is 7.79. The lowest BCUT2D eigenvalue weighted by atomic mass is 10.3. The third-order valence-electron chi connectivity index (χ3n) is 3.21. The van der Waals surface area contributed by atoms with Gasteiger partial charge >= 0.3 is 0 Å². The molecular formula is C18H17BrN4O. The molecule has 24 heavy (non-hydrogen) atoms. The Kier molecular flexibility index (Phi) is 5.28. The molecule has 0 aliphatic heterocycles. The van der Waals surface area contributed by atoms with E-state index >= 15 is 0 Å². The van der Waals surface area contributed by atoms with Crippen LogP contribution in [-0.4, -0.2) is 16.6 Å². The van der Waals surface area contributed by atoms with Gasteiger partial charge in [-0.25, -0.2) is 4.98 Å². The minimum Gasteiger partial charge on any atom is -0.492 e. The van der Waals surface area contributed by atoms with Crippen LogP contribution in [0.2, 0.25) is 0 Å². The number of halogens is 1. The van der Waals surface area contributed by atoms with Gasteiger partial charge in [0.1, 0.15) is 11.6 Å². The largest absolute Gasteiger partial charge is 0.492 e. The van der Waals surface area contributed by atoms with Gasteiger partial charge in [0.25, 0.3) is 0 Å². The van der Waals surface area contributed by atoms with Crippen molar-refractivity contribution in [1.82, 2.24) is 9.97 Å². The number of ether oxygens (including phenoxy) is 1. The standard InChI is InChI=1S/C18H17BrN4O/c1-2-24-16-6-4-3-5-15(16)22-17-11-12-20-18(23-17)21-14-9-7-13(19)8-10-14/h3-12H,2H2,1H3,(H2,20,21,22,23). The highest BCUT2D eigenvalue weighted by Gasteiger charge is 2.05. The van der Waals surface area contributed by atoms with Gasteiger partial charge in [-0.05, 0) is 49.4 Å². The Morgan fingerprint density at radius 1 is 1.00 bits per heavy atom. The van der Waals surface area contributed by atoms with Gasteiger partial charge in [-0.3, -0.25) is 0 Å². The summed E-state index contributed by atoms with van der Waals surface area (Å²) < 4.78 is 6.65. The monoisotopic (exact) mass is 384 g/mol. The van der Waals surface area contributed by atoms with Gasteiger partial charge in [-0.15, -0.1) is 0 Å². The lowest BCUT2D eigenvalue weighted by molar-refractivity contribution is 0.342. The van der Waals surface area contributed by atoms with Crippen molar-refractivity contribution in [3.05, 3.63) is 65.3 Å². The number of anilines is 4. The molecule has 0 aliphatic carbocycles. The van der Waals surface area contributed by atoms with E-state index in [1.165, 1.54) is 0 Å². The fraction of sp³-hybridized carbons (Fsp3) is 0.111. The van der Waals surface area contributed by atoms with E-state index in [0.29, 0.717) is 18.4 Å². The number of aromatic nitrogens is 2. The zero-order valence-corrected chi connectivity index (χ0v) is 14.7. The summed E-state index contributed by atoms with van der Waals surface area (Å²) in [6.07, 6.45) is 1.71. The maximum absolute atomic E-state index is 5.62. The van der Waals surface area contributed by atoms with E-state index in [-0.39, 0.29) is 0 Å². The first kappa shape index (κ1) is 16.3. The summed E-state index contributed by atoms with van der Waals surface area (Å²) in [4.78, 5) is 8.74. The molecule has 2 N–H and O–H groups in total. The van der Waals surface area contributed by atoms with E-state index in [1.807, 2.05) is 61.5 Å². The first-order valence-corrected chi connectivity index (χ1v) is 8.38. The van der Waals surface area contributed by atoms with Gasteiger partial charge in [0, 0.05) is 16.4 Å². The Morgan fingerprint density at radius 3 is 2.58 bits per heavy atom. The average Bonchev–Trinajstić information content (AvgIpc) is 2.59. The lowest BCUT2D eigenvalue weighted by Gasteiger charge is -2.12. The minimum atomic E-state index is 0.524. The van der Waals surface area contributed by atoms with Gasteiger partial charge in [0.05, 0.1) is 12.3 Å². The number of hydrogen-bond acceptors (Lipinski definition) is 5. The molecule has 0 aliphatic rings. The normalized spacial score (nSPS) is 10.2. The van der Waals surface area contributed by atoms with Crippen molar-refractivity contribution < 1.29 is 4.74 Å². The van der Waals surface area contributed by atoms with Crippen LogP contribution in [0.3, 0.4) is 0 Å². The number of hydrogen-bond donors (Lipinski definition) is 2. The number of rotatable bonds is 6. The van der Waals surface area contributed by atoms with Gasteiger partial charge in [-0.2, -0.15) is 4.98 Å². The van der Waals surface area contributed by atoms with Crippen molar-refractivity contribution in [2.45, 2.75) is 6.92 Å². The number of para-hydroxylation sites is 2. The molecule has 0 unspecified atom stereocenters. The molecule has 122 valence electrons. The molecule has 2 aromatic carbocycles. The van der Waals surface area contributed by atoms with Crippen molar-refractivity contribution in [3.63, 3.8) is 0 Å². The van der Waals surface area contributed by atoms with E-state index < -0.39 is 0 Å². The molecule has 1 aromatic heterocycles. The highest BCUT2D eigenvalue weighted by molar-refractivity contribution is 9.10. The zero-order valence-electron chi connectivity index (χ0n) is 13.2. The molecule has 3 rings (SSSR count). The molecule has 3 aromatic rings. The summed E-state index contributed by atoms with van der Waals surface area (Å²) in [5.41, 5.74) is 1.79. The maximum atomic E-state index is 5.62. The van der Waals surface area contributed by atoms with E-state index in [2.05, 4.69) is 36.5 Å². The quantitative estimate of drug-likeness (QED) is 0.617. The third kappa shape index (κ3) is 4.23. The van der Waals surface area contributed by atoms with Crippen molar-refractivity contribution in [2.75, 3.05) is 17.2 Å². The van der Waals surface area contributed by atoms with Crippen molar-refractivity contribution in [1.29, 1.82) is 0 Å². The molecule has 0 saturated heterocycles. The Hall–Kier alpha value is -2.60. The molecule has 0 spiro atoms. The summed E-state index contributed by atoms with van der Waals surface area (Å²) in [6, 6.07) is 17.4. The second-order valence-electron chi connectivity index (χ2n) is 4.95. The van der Waals surface area contributed by atoms with Crippen LogP contribution in [0.5, 0.6) is 5.75 Å². The maximum Gasteiger partial charge on any atom is 0.229 e. The van der Waals surface area contributed by atoms with Gasteiger partial charge < -0.3 is 15.4 Å². The van der Waals surface area contributed by atoms with Crippen molar-refractivity contribution in [2.24, 2.45) is 0 Å². The highest BCUT2D eigenvalue weighted by atomic mass is 79.9. The van der Waals surface area contributed by atoms with Crippen LogP contribution < -0.4 is 15.4 Å². The molecule has 0 saturated carbocycles. The van der Waals surface area contributed by atoms with E-state index in [4.69, 9.17) is 4.74 Å². The van der Waals surface area contributed by atoms with Crippen LogP contribution in [0, 0.1) is 0 Å². The molecule has 0 bridgehead atoms. The molecule has 0 radical (unpaired) electrons. The summed E-state index contributed by atoms with van der Waals surface area (Å²) in [6.45, 7) is 2.57. The molecule has 0 fully saturated rings. The molecule has 0 atom stereocenters.